The summed E-state index contributed by atoms with van der Waals surface area (Å²) in [7, 11) is 0. The molecule has 0 amide bonds. The molecule has 3 nitrogen and oxygen atoms in total. The summed E-state index contributed by atoms with van der Waals surface area (Å²) < 4.78 is 0. The van der Waals surface area contributed by atoms with E-state index in [9.17, 15) is 9.90 Å². The standard InChI is InChI=1S/C11H19NO2/c1-11(10(13)14,8-9-4-5-9)12-6-2-3-7-12/h9H,2-8H2,1H3,(H,13,14). The predicted molar refractivity (Wildman–Crippen MR) is 54.2 cm³/mol. The molecule has 1 unspecified atom stereocenters. The first kappa shape index (κ1) is 9.97. The number of carboxylic acids is 1. The molecule has 0 spiro atoms. The van der Waals surface area contributed by atoms with Crippen LogP contribution in [0.5, 0.6) is 0 Å². The second kappa shape index (κ2) is 3.54. The maximum absolute atomic E-state index is 11.3. The van der Waals surface area contributed by atoms with Crippen molar-refractivity contribution < 1.29 is 9.90 Å². The zero-order chi connectivity index (χ0) is 10.2. The molecule has 1 heterocycles. The summed E-state index contributed by atoms with van der Waals surface area (Å²) in [6, 6.07) is 0. The van der Waals surface area contributed by atoms with Crippen molar-refractivity contribution in [3.8, 4) is 0 Å². The Kier molecular flexibility index (Phi) is 2.52. The summed E-state index contributed by atoms with van der Waals surface area (Å²) in [5.41, 5.74) is -0.586. The van der Waals surface area contributed by atoms with Crippen LogP contribution in [-0.4, -0.2) is 34.6 Å². The normalized spacial score (nSPS) is 27.5. The average molecular weight is 197 g/mol. The molecule has 0 bridgehead atoms. The molecule has 80 valence electrons. The van der Waals surface area contributed by atoms with E-state index in [1.54, 1.807) is 0 Å². The van der Waals surface area contributed by atoms with Crippen LogP contribution in [0.1, 0.15) is 39.0 Å². The van der Waals surface area contributed by atoms with Gasteiger partial charge in [0.2, 0.25) is 0 Å². The zero-order valence-corrected chi connectivity index (χ0v) is 8.83. The van der Waals surface area contributed by atoms with Gasteiger partial charge in [-0.2, -0.15) is 0 Å². The van der Waals surface area contributed by atoms with Gasteiger partial charge in [0.1, 0.15) is 5.54 Å². The summed E-state index contributed by atoms with van der Waals surface area (Å²) in [6.07, 6.45) is 5.64. The monoisotopic (exact) mass is 197 g/mol. The predicted octanol–water partition coefficient (Wildman–Crippen LogP) is 1.73. The van der Waals surface area contributed by atoms with E-state index in [2.05, 4.69) is 4.90 Å². The smallest absolute Gasteiger partial charge is 0.323 e. The molecular formula is C11H19NO2. The van der Waals surface area contributed by atoms with E-state index >= 15 is 0 Å². The van der Waals surface area contributed by atoms with Crippen LogP contribution >= 0.6 is 0 Å². The van der Waals surface area contributed by atoms with E-state index in [1.807, 2.05) is 6.92 Å². The van der Waals surface area contributed by atoms with Gasteiger partial charge >= 0.3 is 5.97 Å². The first-order valence-electron chi connectivity index (χ1n) is 5.61. The highest BCUT2D eigenvalue weighted by atomic mass is 16.4. The van der Waals surface area contributed by atoms with Crippen LogP contribution in [0, 0.1) is 5.92 Å². The van der Waals surface area contributed by atoms with Crippen LogP contribution in [0.2, 0.25) is 0 Å². The molecule has 0 radical (unpaired) electrons. The van der Waals surface area contributed by atoms with Crippen LogP contribution < -0.4 is 0 Å². The fraction of sp³-hybridized carbons (Fsp3) is 0.909. The third kappa shape index (κ3) is 1.78. The number of aliphatic carboxylic acids is 1. The van der Waals surface area contributed by atoms with E-state index in [1.165, 1.54) is 12.8 Å². The third-order valence-corrected chi connectivity index (χ3v) is 3.65. The SMILES string of the molecule is CC(CC1CC1)(C(=O)O)N1CCCC1. The molecule has 1 saturated heterocycles. The summed E-state index contributed by atoms with van der Waals surface area (Å²) in [5, 5.41) is 9.33. The Labute approximate surface area is 85.1 Å². The summed E-state index contributed by atoms with van der Waals surface area (Å²) in [6.45, 7) is 3.84. The van der Waals surface area contributed by atoms with E-state index in [0.29, 0.717) is 5.92 Å². The van der Waals surface area contributed by atoms with Crippen LogP contribution in [0.3, 0.4) is 0 Å². The Bertz CT molecular complexity index is 231. The average Bonchev–Trinajstić information content (AvgIpc) is 2.78. The van der Waals surface area contributed by atoms with Gasteiger partial charge in [-0.3, -0.25) is 9.69 Å². The molecule has 0 aromatic carbocycles. The summed E-state index contributed by atoms with van der Waals surface area (Å²) in [4.78, 5) is 13.5. The lowest BCUT2D eigenvalue weighted by Crippen LogP contribution is -2.51. The van der Waals surface area contributed by atoms with Gasteiger partial charge in [0.15, 0.2) is 0 Å². The molecule has 2 fully saturated rings. The minimum absolute atomic E-state index is 0.586. The van der Waals surface area contributed by atoms with E-state index in [-0.39, 0.29) is 0 Å². The van der Waals surface area contributed by atoms with Gasteiger partial charge in [0, 0.05) is 0 Å². The van der Waals surface area contributed by atoms with Crippen molar-refractivity contribution in [1.82, 2.24) is 4.90 Å². The van der Waals surface area contributed by atoms with E-state index in [0.717, 1.165) is 32.4 Å². The Morgan fingerprint density at radius 2 is 2.00 bits per heavy atom. The van der Waals surface area contributed by atoms with Gasteiger partial charge in [-0.1, -0.05) is 12.8 Å². The third-order valence-electron chi connectivity index (χ3n) is 3.65. The maximum atomic E-state index is 11.3. The zero-order valence-electron chi connectivity index (χ0n) is 8.83. The number of nitrogens with zero attached hydrogens (tertiary/aromatic N) is 1. The molecule has 2 rings (SSSR count). The first-order chi connectivity index (χ1) is 6.63. The summed E-state index contributed by atoms with van der Waals surface area (Å²) in [5.74, 6) is 0.0444. The van der Waals surface area contributed by atoms with Crippen molar-refractivity contribution in [3.05, 3.63) is 0 Å². The van der Waals surface area contributed by atoms with E-state index < -0.39 is 11.5 Å². The number of likely N-dealkylation sites (tertiary alicyclic amines) is 1. The highest BCUT2D eigenvalue weighted by Gasteiger charge is 2.44. The fourth-order valence-corrected chi connectivity index (χ4v) is 2.45. The van der Waals surface area contributed by atoms with Crippen molar-refractivity contribution in [2.75, 3.05) is 13.1 Å². The largest absolute Gasteiger partial charge is 0.480 e. The van der Waals surface area contributed by atoms with Gasteiger partial charge in [0.05, 0.1) is 0 Å². The quantitative estimate of drug-likeness (QED) is 0.746. The number of rotatable bonds is 4. The van der Waals surface area contributed by atoms with Gasteiger partial charge in [-0.25, -0.2) is 0 Å². The second-order valence-corrected chi connectivity index (χ2v) is 4.92. The lowest BCUT2D eigenvalue weighted by atomic mass is 9.93. The van der Waals surface area contributed by atoms with Crippen molar-refractivity contribution in [2.24, 2.45) is 5.92 Å². The number of carboxylic acid groups (broad SMARTS) is 1. The first-order valence-corrected chi connectivity index (χ1v) is 5.61. The Morgan fingerprint density at radius 3 is 2.43 bits per heavy atom. The van der Waals surface area contributed by atoms with Gasteiger partial charge in [-0.15, -0.1) is 0 Å². The molecule has 14 heavy (non-hydrogen) atoms. The molecule has 3 heteroatoms. The van der Waals surface area contributed by atoms with Crippen molar-refractivity contribution in [3.63, 3.8) is 0 Å². The topological polar surface area (TPSA) is 40.5 Å². The fourth-order valence-electron chi connectivity index (χ4n) is 2.45. The molecule has 1 aliphatic heterocycles. The highest BCUT2D eigenvalue weighted by Crippen LogP contribution is 2.39. The molecule has 1 saturated carbocycles. The molecule has 2 aliphatic rings. The number of hydrogen-bond acceptors (Lipinski definition) is 2. The molecule has 1 N–H and O–H groups in total. The molecule has 1 atom stereocenters. The lowest BCUT2D eigenvalue weighted by Gasteiger charge is -2.34. The van der Waals surface area contributed by atoms with Gasteiger partial charge < -0.3 is 5.11 Å². The Morgan fingerprint density at radius 1 is 1.43 bits per heavy atom. The number of carbonyl (C=O) groups is 1. The van der Waals surface area contributed by atoms with Crippen LogP contribution in [0.4, 0.5) is 0 Å². The Balaban J connectivity index is 2.06. The van der Waals surface area contributed by atoms with E-state index in [4.69, 9.17) is 0 Å². The van der Waals surface area contributed by atoms with Crippen molar-refractivity contribution in [1.29, 1.82) is 0 Å². The van der Waals surface area contributed by atoms with Crippen LogP contribution in [-0.2, 0) is 4.79 Å². The highest BCUT2D eigenvalue weighted by molar-refractivity contribution is 5.78. The molecular weight excluding hydrogens is 178 g/mol. The minimum atomic E-state index is -0.633. The maximum Gasteiger partial charge on any atom is 0.323 e. The van der Waals surface area contributed by atoms with Crippen LogP contribution in [0.15, 0.2) is 0 Å². The Hall–Kier alpha value is -0.570. The minimum Gasteiger partial charge on any atom is -0.480 e. The molecule has 0 aromatic rings. The summed E-state index contributed by atoms with van der Waals surface area (Å²) >= 11 is 0. The van der Waals surface area contributed by atoms with Gasteiger partial charge in [0.25, 0.3) is 0 Å². The molecule has 1 aliphatic carbocycles. The van der Waals surface area contributed by atoms with Gasteiger partial charge in [-0.05, 0) is 45.2 Å². The number of hydrogen-bond donors (Lipinski definition) is 1. The lowest BCUT2D eigenvalue weighted by molar-refractivity contribution is -0.150. The van der Waals surface area contributed by atoms with Crippen molar-refractivity contribution >= 4 is 5.97 Å². The van der Waals surface area contributed by atoms with Crippen molar-refractivity contribution in [2.45, 2.75) is 44.6 Å². The second-order valence-electron chi connectivity index (χ2n) is 4.92. The van der Waals surface area contributed by atoms with Crippen LogP contribution in [0.25, 0.3) is 0 Å². The molecule has 0 aromatic heterocycles.